The van der Waals surface area contributed by atoms with Gasteiger partial charge in [-0.1, -0.05) is 17.3 Å². The van der Waals surface area contributed by atoms with E-state index in [2.05, 4.69) is 20.8 Å². The molecule has 2 aromatic rings. The van der Waals surface area contributed by atoms with Crippen LogP contribution in [0, 0.1) is 6.92 Å². The Labute approximate surface area is 139 Å². The molecule has 6 nitrogen and oxygen atoms in total. The van der Waals surface area contributed by atoms with Gasteiger partial charge in [0, 0.05) is 18.0 Å². The highest BCUT2D eigenvalue weighted by Gasteiger charge is 2.12. The number of nitrogens with one attached hydrogen (secondary N) is 2. The van der Waals surface area contributed by atoms with Gasteiger partial charge >= 0.3 is 0 Å². The van der Waals surface area contributed by atoms with Gasteiger partial charge in [-0.05, 0) is 26.1 Å². The van der Waals surface area contributed by atoms with E-state index >= 15 is 0 Å². The third-order valence-electron chi connectivity index (χ3n) is 2.71. The van der Waals surface area contributed by atoms with Crippen LogP contribution >= 0.6 is 24.2 Å². The molecule has 0 spiro atoms. The minimum Gasteiger partial charge on any atom is -0.351 e. The van der Waals surface area contributed by atoms with E-state index in [1.165, 1.54) is 11.8 Å². The summed E-state index contributed by atoms with van der Waals surface area (Å²) in [5.41, 5.74) is 0.662. The Balaban J connectivity index is 0.00000242. The van der Waals surface area contributed by atoms with Crippen molar-refractivity contribution in [2.45, 2.75) is 17.6 Å². The van der Waals surface area contributed by atoms with E-state index in [-0.39, 0.29) is 18.3 Å². The van der Waals surface area contributed by atoms with E-state index in [1.54, 1.807) is 6.92 Å². The van der Waals surface area contributed by atoms with Crippen LogP contribution in [0.1, 0.15) is 22.1 Å². The van der Waals surface area contributed by atoms with Crippen LogP contribution in [-0.2, 0) is 5.75 Å². The lowest BCUT2D eigenvalue weighted by atomic mass is 10.2. The number of carbonyl (C=O) groups excluding carboxylic acids is 1. The lowest BCUT2D eigenvalue weighted by Crippen LogP contribution is -2.30. The van der Waals surface area contributed by atoms with Crippen molar-refractivity contribution in [3.8, 4) is 0 Å². The van der Waals surface area contributed by atoms with Crippen molar-refractivity contribution < 1.29 is 9.32 Å². The summed E-state index contributed by atoms with van der Waals surface area (Å²) in [7, 11) is 1.85. The van der Waals surface area contributed by atoms with Crippen LogP contribution in [0.5, 0.6) is 0 Å². The number of aryl methyl sites for hydroxylation is 1. The number of halogens is 1. The van der Waals surface area contributed by atoms with Crippen LogP contribution in [0.15, 0.2) is 33.7 Å². The van der Waals surface area contributed by atoms with Crippen molar-refractivity contribution in [2.75, 3.05) is 20.1 Å². The van der Waals surface area contributed by atoms with Crippen LogP contribution in [0.4, 0.5) is 0 Å². The van der Waals surface area contributed by atoms with Gasteiger partial charge in [-0.2, -0.15) is 4.98 Å². The fraction of sp³-hybridized carbons (Fsp3) is 0.357. The lowest BCUT2D eigenvalue weighted by molar-refractivity contribution is 0.0951. The Bertz CT molecular complexity index is 606. The maximum Gasteiger partial charge on any atom is 0.252 e. The number of hydrogen-bond donors (Lipinski definition) is 2. The van der Waals surface area contributed by atoms with Crippen LogP contribution in [0.25, 0.3) is 0 Å². The molecule has 2 N–H and O–H groups in total. The monoisotopic (exact) mass is 342 g/mol. The molecule has 0 saturated heterocycles. The summed E-state index contributed by atoms with van der Waals surface area (Å²) in [5, 5.41) is 9.62. The topological polar surface area (TPSA) is 80.0 Å². The molecule has 22 heavy (non-hydrogen) atoms. The quantitative estimate of drug-likeness (QED) is 0.592. The molecule has 0 bridgehead atoms. The molecule has 0 fully saturated rings. The molecule has 2 rings (SSSR count). The Morgan fingerprint density at radius 2 is 2.09 bits per heavy atom. The molecule has 8 heteroatoms. The van der Waals surface area contributed by atoms with Gasteiger partial charge in [-0.15, -0.1) is 24.2 Å². The second kappa shape index (κ2) is 9.45. The smallest absolute Gasteiger partial charge is 0.252 e. The van der Waals surface area contributed by atoms with Gasteiger partial charge in [0.2, 0.25) is 5.89 Å². The Kier molecular flexibility index (Phi) is 7.94. The van der Waals surface area contributed by atoms with Crippen LogP contribution in [0.2, 0.25) is 0 Å². The van der Waals surface area contributed by atoms with Crippen molar-refractivity contribution in [1.82, 2.24) is 20.8 Å². The average Bonchev–Trinajstić information content (AvgIpc) is 2.91. The third kappa shape index (κ3) is 5.32. The third-order valence-corrected chi connectivity index (χ3v) is 3.77. The maximum absolute atomic E-state index is 12.2. The number of carbonyl (C=O) groups is 1. The summed E-state index contributed by atoms with van der Waals surface area (Å²) in [6, 6.07) is 7.50. The number of aromatic nitrogens is 2. The number of amides is 1. The maximum atomic E-state index is 12.2. The minimum atomic E-state index is -0.0740. The highest BCUT2D eigenvalue weighted by Crippen LogP contribution is 2.25. The first-order chi connectivity index (χ1) is 10.2. The van der Waals surface area contributed by atoms with Gasteiger partial charge < -0.3 is 15.2 Å². The first-order valence-corrected chi connectivity index (χ1v) is 7.63. The largest absolute Gasteiger partial charge is 0.351 e. The van der Waals surface area contributed by atoms with Crippen molar-refractivity contribution in [1.29, 1.82) is 0 Å². The number of benzene rings is 1. The fourth-order valence-corrected chi connectivity index (χ4v) is 2.60. The second-order valence-electron chi connectivity index (χ2n) is 4.38. The lowest BCUT2D eigenvalue weighted by Gasteiger charge is -2.09. The molecular formula is C14H19ClN4O2S. The van der Waals surface area contributed by atoms with Crippen molar-refractivity contribution in [2.24, 2.45) is 0 Å². The van der Waals surface area contributed by atoms with Crippen LogP contribution in [-0.4, -0.2) is 36.2 Å². The summed E-state index contributed by atoms with van der Waals surface area (Å²) in [6.07, 6.45) is 0. The fourth-order valence-electron chi connectivity index (χ4n) is 1.71. The Morgan fingerprint density at radius 1 is 1.32 bits per heavy atom. The van der Waals surface area contributed by atoms with E-state index in [4.69, 9.17) is 4.52 Å². The molecule has 0 aliphatic heterocycles. The van der Waals surface area contributed by atoms with E-state index in [0.29, 0.717) is 29.6 Å². The molecular weight excluding hydrogens is 324 g/mol. The second-order valence-corrected chi connectivity index (χ2v) is 5.40. The zero-order valence-corrected chi connectivity index (χ0v) is 14.1. The van der Waals surface area contributed by atoms with E-state index in [0.717, 1.165) is 11.4 Å². The summed E-state index contributed by atoms with van der Waals surface area (Å²) < 4.78 is 5.08. The molecule has 1 amide bonds. The highest BCUT2D eigenvalue weighted by molar-refractivity contribution is 7.98. The first-order valence-electron chi connectivity index (χ1n) is 6.64. The van der Waals surface area contributed by atoms with Crippen molar-refractivity contribution in [3.05, 3.63) is 41.5 Å². The number of likely N-dealkylation sites (N-methyl/N-ethyl adjacent to an activating group) is 1. The number of thioether (sulfide) groups is 1. The Hall–Kier alpha value is -1.57. The van der Waals surface area contributed by atoms with Gasteiger partial charge in [-0.25, -0.2) is 0 Å². The summed E-state index contributed by atoms with van der Waals surface area (Å²) in [6.45, 7) is 3.11. The van der Waals surface area contributed by atoms with Gasteiger partial charge in [0.15, 0.2) is 5.82 Å². The van der Waals surface area contributed by atoms with E-state index in [9.17, 15) is 4.79 Å². The van der Waals surface area contributed by atoms with Gasteiger partial charge in [0.25, 0.3) is 5.91 Å². The molecule has 120 valence electrons. The molecule has 0 saturated carbocycles. The molecule has 0 atom stereocenters. The van der Waals surface area contributed by atoms with Crippen LogP contribution < -0.4 is 10.6 Å². The summed E-state index contributed by atoms with van der Waals surface area (Å²) >= 11 is 1.51. The van der Waals surface area contributed by atoms with Crippen molar-refractivity contribution in [3.63, 3.8) is 0 Å². The molecule has 1 heterocycles. The van der Waals surface area contributed by atoms with Crippen molar-refractivity contribution >= 4 is 30.1 Å². The van der Waals surface area contributed by atoms with Gasteiger partial charge in [0.1, 0.15) is 0 Å². The molecule has 1 aromatic heterocycles. The predicted molar refractivity (Wildman–Crippen MR) is 88.5 cm³/mol. The van der Waals surface area contributed by atoms with E-state index < -0.39 is 0 Å². The predicted octanol–water partition coefficient (Wildman–Crippen LogP) is 2.04. The molecule has 0 radical (unpaired) electrons. The molecule has 0 aliphatic rings. The number of rotatable bonds is 7. The van der Waals surface area contributed by atoms with Gasteiger partial charge in [-0.3, -0.25) is 4.79 Å². The SMILES string of the molecule is CNCCNC(=O)c1ccccc1SCc1nc(C)no1.Cl. The average molecular weight is 343 g/mol. The number of nitrogens with zero attached hydrogens (tertiary/aromatic N) is 2. The summed E-state index contributed by atoms with van der Waals surface area (Å²) in [4.78, 5) is 17.2. The minimum absolute atomic E-state index is 0. The normalized spacial score (nSPS) is 10.1. The first kappa shape index (κ1) is 18.5. The van der Waals surface area contributed by atoms with Crippen LogP contribution in [0.3, 0.4) is 0 Å². The van der Waals surface area contributed by atoms with E-state index in [1.807, 2.05) is 31.3 Å². The zero-order valence-electron chi connectivity index (χ0n) is 12.5. The molecule has 0 aliphatic carbocycles. The molecule has 1 aromatic carbocycles. The highest BCUT2D eigenvalue weighted by atomic mass is 35.5. The van der Waals surface area contributed by atoms with Gasteiger partial charge in [0.05, 0.1) is 11.3 Å². The Morgan fingerprint density at radius 3 is 2.77 bits per heavy atom. The standard InChI is InChI=1S/C14H18N4O2S.ClH/c1-10-17-13(20-18-10)9-21-12-6-4-3-5-11(12)14(19)16-8-7-15-2;/h3-6,15H,7-9H2,1-2H3,(H,16,19);1H. The molecule has 0 unspecified atom stereocenters. The number of hydrogen-bond acceptors (Lipinski definition) is 6. The summed E-state index contributed by atoms with van der Waals surface area (Å²) in [5.74, 6) is 1.64. The zero-order chi connectivity index (χ0) is 15.1.